The van der Waals surface area contributed by atoms with Gasteiger partial charge in [0.25, 0.3) is 0 Å². The van der Waals surface area contributed by atoms with E-state index in [2.05, 4.69) is 103 Å². The Kier molecular flexibility index (Phi) is 4.50. The highest BCUT2D eigenvalue weighted by Gasteiger charge is 2.23. The average molecular weight is 374 g/mol. The standard InChI is InChI=1S/C28H22O/c1-29-27-17-16-22-14-8-9-15-24(22)28(27)23-18-25(20-10-4-2-5-11-20)26(19-23)21-12-6-3-7-13-21/h2-18H,19H2,1H3. The predicted octanol–water partition coefficient (Wildman–Crippen LogP) is 7.25. The first kappa shape index (κ1) is 17.5. The van der Waals surface area contributed by atoms with Gasteiger partial charge in [0.1, 0.15) is 5.75 Å². The zero-order valence-corrected chi connectivity index (χ0v) is 16.4. The lowest BCUT2D eigenvalue weighted by molar-refractivity contribution is 0.414. The van der Waals surface area contributed by atoms with Gasteiger partial charge in [-0.25, -0.2) is 0 Å². The second kappa shape index (κ2) is 7.44. The van der Waals surface area contributed by atoms with Crippen molar-refractivity contribution in [1.29, 1.82) is 0 Å². The molecule has 1 nitrogen and oxygen atoms in total. The lowest BCUT2D eigenvalue weighted by Gasteiger charge is -2.14. The van der Waals surface area contributed by atoms with Crippen molar-refractivity contribution in [2.75, 3.05) is 7.11 Å². The van der Waals surface area contributed by atoms with Crippen LogP contribution in [-0.2, 0) is 0 Å². The second-order valence-corrected chi connectivity index (χ2v) is 7.33. The molecule has 4 aromatic rings. The maximum absolute atomic E-state index is 5.79. The van der Waals surface area contributed by atoms with Crippen LogP contribution in [0, 0.1) is 0 Å². The molecule has 0 amide bonds. The molecule has 0 spiro atoms. The Morgan fingerprint density at radius 1 is 0.655 bits per heavy atom. The highest BCUT2D eigenvalue weighted by molar-refractivity contribution is 6.10. The molecule has 140 valence electrons. The van der Waals surface area contributed by atoms with Gasteiger partial charge in [-0.3, -0.25) is 0 Å². The molecule has 0 unspecified atom stereocenters. The molecule has 0 saturated heterocycles. The average Bonchev–Trinajstić information content (AvgIpc) is 3.24. The van der Waals surface area contributed by atoms with Crippen molar-refractivity contribution in [1.82, 2.24) is 0 Å². The fourth-order valence-corrected chi connectivity index (χ4v) is 4.28. The van der Waals surface area contributed by atoms with Gasteiger partial charge in [0.05, 0.1) is 7.11 Å². The molecule has 0 aromatic heterocycles. The third-order valence-electron chi connectivity index (χ3n) is 5.65. The number of methoxy groups -OCH3 is 1. The van der Waals surface area contributed by atoms with E-state index >= 15 is 0 Å². The Hall–Kier alpha value is -3.58. The molecule has 4 aromatic carbocycles. The summed E-state index contributed by atoms with van der Waals surface area (Å²) in [4.78, 5) is 0. The minimum absolute atomic E-state index is 0.888. The first-order chi connectivity index (χ1) is 14.3. The SMILES string of the molecule is COc1ccc2ccccc2c1C1=CC(c2ccccc2)=C(c2ccccc2)C1. The Labute approximate surface area is 171 Å². The molecule has 1 heteroatoms. The van der Waals surface area contributed by atoms with Crippen molar-refractivity contribution >= 4 is 27.5 Å². The molecule has 0 bridgehead atoms. The van der Waals surface area contributed by atoms with E-state index < -0.39 is 0 Å². The van der Waals surface area contributed by atoms with E-state index in [1.165, 1.54) is 44.2 Å². The Bertz CT molecular complexity index is 1230. The van der Waals surface area contributed by atoms with Crippen molar-refractivity contribution in [3.63, 3.8) is 0 Å². The Balaban J connectivity index is 1.71. The summed E-state index contributed by atoms with van der Waals surface area (Å²) in [6, 6.07) is 34.1. The molecule has 0 radical (unpaired) electrons. The highest BCUT2D eigenvalue weighted by atomic mass is 16.5. The maximum Gasteiger partial charge on any atom is 0.127 e. The van der Waals surface area contributed by atoms with Crippen LogP contribution in [0.15, 0.2) is 103 Å². The molecule has 0 saturated carbocycles. The summed E-state index contributed by atoms with van der Waals surface area (Å²) in [5, 5.41) is 2.47. The van der Waals surface area contributed by atoms with Gasteiger partial charge in [-0.2, -0.15) is 0 Å². The van der Waals surface area contributed by atoms with E-state index in [4.69, 9.17) is 4.74 Å². The van der Waals surface area contributed by atoms with Gasteiger partial charge in [-0.05, 0) is 57.2 Å². The number of allylic oxidation sites excluding steroid dienone is 4. The summed E-state index contributed by atoms with van der Waals surface area (Å²) in [5.41, 5.74) is 7.68. The van der Waals surface area contributed by atoms with Crippen molar-refractivity contribution in [2.45, 2.75) is 6.42 Å². The molecule has 0 fully saturated rings. The van der Waals surface area contributed by atoms with Gasteiger partial charge in [0.15, 0.2) is 0 Å². The van der Waals surface area contributed by atoms with Crippen LogP contribution >= 0.6 is 0 Å². The van der Waals surface area contributed by atoms with E-state index in [0.717, 1.165) is 12.2 Å². The van der Waals surface area contributed by atoms with Crippen molar-refractivity contribution < 1.29 is 4.74 Å². The maximum atomic E-state index is 5.79. The van der Waals surface area contributed by atoms with Gasteiger partial charge in [0, 0.05) is 5.56 Å². The summed E-state index contributed by atoms with van der Waals surface area (Å²) in [6.07, 6.45) is 3.24. The highest BCUT2D eigenvalue weighted by Crippen LogP contribution is 2.46. The summed E-state index contributed by atoms with van der Waals surface area (Å²) in [6.45, 7) is 0. The van der Waals surface area contributed by atoms with Crippen molar-refractivity contribution in [3.8, 4) is 5.75 Å². The first-order valence-corrected chi connectivity index (χ1v) is 9.96. The number of hydrogen-bond acceptors (Lipinski definition) is 1. The largest absolute Gasteiger partial charge is 0.496 e. The van der Waals surface area contributed by atoms with Crippen LogP contribution in [0.4, 0.5) is 0 Å². The molecular formula is C28H22O. The van der Waals surface area contributed by atoms with Crippen LogP contribution in [0.5, 0.6) is 5.75 Å². The van der Waals surface area contributed by atoms with E-state index in [9.17, 15) is 0 Å². The minimum Gasteiger partial charge on any atom is -0.496 e. The van der Waals surface area contributed by atoms with Gasteiger partial charge < -0.3 is 4.74 Å². The smallest absolute Gasteiger partial charge is 0.127 e. The predicted molar refractivity (Wildman–Crippen MR) is 123 cm³/mol. The second-order valence-electron chi connectivity index (χ2n) is 7.33. The van der Waals surface area contributed by atoms with Crippen molar-refractivity contribution in [3.05, 3.63) is 120 Å². The van der Waals surface area contributed by atoms with Crippen LogP contribution < -0.4 is 4.74 Å². The molecule has 5 rings (SSSR count). The minimum atomic E-state index is 0.888. The third-order valence-corrected chi connectivity index (χ3v) is 5.65. The normalized spacial score (nSPS) is 13.6. The Morgan fingerprint density at radius 3 is 2.03 bits per heavy atom. The topological polar surface area (TPSA) is 9.23 Å². The van der Waals surface area contributed by atoms with E-state index in [0.29, 0.717) is 0 Å². The first-order valence-electron chi connectivity index (χ1n) is 9.96. The fraction of sp³-hybridized carbons (Fsp3) is 0.0714. The Morgan fingerprint density at radius 2 is 1.31 bits per heavy atom. The number of rotatable bonds is 4. The summed E-state index contributed by atoms with van der Waals surface area (Å²) in [7, 11) is 1.76. The van der Waals surface area contributed by atoms with E-state index in [1.54, 1.807) is 7.11 Å². The van der Waals surface area contributed by atoms with Gasteiger partial charge in [-0.1, -0.05) is 91.0 Å². The lowest BCUT2D eigenvalue weighted by atomic mass is 9.93. The molecule has 0 atom stereocenters. The van der Waals surface area contributed by atoms with Gasteiger partial charge in [-0.15, -0.1) is 0 Å². The quantitative estimate of drug-likeness (QED) is 0.366. The summed E-state index contributed by atoms with van der Waals surface area (Å²) < 4.78 is 5.79. The molecule has 0 aliphatic heterocycles. The summed E-state index contributed by atoms with van der Waals surface area (Å²) >= 11 is 0. The zero-order chi connectivity index (χ0) is 19.6. The number of hydrogen-bond donors (Lipinski definition) is 0. The lowest BCUT2D eigenvalue weighted by Crippen LogP contribution is -1.93. The molecule has 1 aliphatic carbocycles. The summed E-state index contributed by atoms with van der Waals surface area (Å²) in [5.74, 6) is 0.927. The molecule has 0 heterocycles. The molecule has 1 aliphatic rings. The molecule has 29 heavy (non-hydrogen) atoms. The number of ether oxygens (including phenoxy) is 1. The monoisotopic (exact) mass is 374 g/mol. The number of benzene rings is 4. The van der Waals surface area contributed by atoms with Gasteiger partial charge >= 0.3 is 0 Å². The molecular weight excluding hydrogens is 352 g/mol. The van der Waals surface area contributed by atoms with Crippen LogP contribution in [0.2, 0.25) is 0 Å². The van der Waals surface area contributed by atoms with Crippen LogP contribution in [0.25, 0.3) is 27.5 Å². The number of fused-ring (bicyclic) bond motifs is 1. The van der Waals surface area contributed by atoms with Crippen LogP contribution in [0.1, 0.15) is 23.1 Å². The van der Waals surface area contributed by atoms with Crippen LogP contribution in [0.3, 0.4) is 0 Å². The third kappa shape index (κ3) is 3.15. The van der Waals surface area contributed by atoms with Crippen LogP contribution in [-0.4, -0.2) is 7.11 Å². The van der Waals surface area contributed by atoms with E-state index in [-0.39, 0.29) is 0 Å². The van der Waals surface area contributed by atoms with Crippen molar-refractivity contribution in [2.24, 2.45) is 0 Å². The molecule has 0 N–H and O–H groups in total. The zero-order valence-electron chi connectivity index (χ0n) is 16.4. The fourth-order valence-electron chi connectivity index (χ4n) is 4.28. The van der Waals surface area contributed by atoms with E-state index in [1.807, 2.05) is 0 Å². The van der Waals surface area contributed by atoms with Gasteiger partial charge in [0.2, 0.25) is 0 Å².